The molecule has 0 aliphatic carbocycles. The Morgan fingerprint density at radius 1 is 1.04 bits per heavy atom. The standard InChI is InChI=1S/C16H17N3O2S3/c1-12(20)18-7-9-19(10-8-18)16(21)22-15-11-14(23-24-15)17-13-5-3-2-4-6-13/h2-6,11H,7-10H2,1H3. The van der Waals surface area contributed by atoms with Gasteiger partial charge in [-0.15, -0.1) is 0 Å². The lowest BCUT2D eigenvalue weighted by atomic mass is 10.3. The number of hydrogen-bond acceptors (Lipinski definition) is 6. The molecule has 5 nitrogen and oxygen atoms in total. The number of carbonyl (C=O) groups excluding carboxylic acids is 2. The maximum atomic E-state index is 12.4. The number of rotatable bonds is 2. The Balaban J connectivity index is 1.60. The van der Waals surface area contributed by atoms with Crippen molar-refractivity contribution in [2.75, 3.05) is 26.2 Å². The van der Waals surface area contributed by atoms with Gasteiger partial charge >= 0.3 is 0 Å². The molecular formula is C16H17N3O2S3. The molecule has 3 rings (SSSR count). The van der Waals surface area contributed by atoms with Crippen molar-refractivity contribution in [3.8, 4) is 0 Å². The van der Waals surface area contributed by atoms with Crippen LogP contribution in [0.5, 0.6) is 0 Å². The van der Waals surface area contributed by atoms with Gasteiger partial charge in [0.1, 0.15) is 4.67 Å². The van der Waals surface area contributed by atoms with E-state index in [2.05, 4.69) is 4.99 Å². The number of carbonyl (C=O) groups is 2. The SMILES string of the molecule is CC(=O)N1CCN(C(=O)Sc2cc(=Nc3ccccc3)ss2)CC1. The fourth-order valence-corrected chi connectivity index (χ4v) is 5.62. The number of thioether (sulfide) groups is 1. The average Bonchev–Trinajstić information content (AvgIpc) is 3.02. The van der Waals surface area contributed by atoms with Crippen molar-refractivity contribution in [2.45, 2.75) is 11.1 Å². The first-order valence-electron chi connectivity index (χ1n) is 7.54. The highest BCUT2D eigenvalue weighted by atomic mass is 32.9. The van der Waals surface area contributed by atoms with E-state index in [1.165, 1.54) is 11.8 Å². The summed E-state index contributed by atoms with van der Waals surface area (Å²) < 4.78 is 1.86. The van der Waals surface area contributed by atoms with E-state index in [4.69, 9.17) is 0 Å². The number of amides is 2. The minimum Gasteiger partial charge on any atom is -0.339 e. The number of para-hydroxylation sites is 1. The molecule has 0 atom stereocenters. The Hall–Kier alpha value is -1.64. The van der Waals surface area contributed by atoms with E-state index in [9.17, 15) is 9.59 Å². The largest absolute Gasteiger partial charge is 0.339 e. The average molecular weight is 380 g/mol. The second-order valence-corrected chi connectivity index (χ2v) is 8.72. The lowest BCUT2D eigenvalue weighted by Gasteiger charge is -2.33. The van der Waals surface area contributed by atoms with Crippen molar-refractivity contribution >= 4 is 49.3 Å². The Labute approximate surface area is 152 Å². The van der Waals surface area contributed by atoms with Crippen LogP contribution < -0.4 is 4.67 Å². The second kappa shape index (κ2) is 7.96. The molecule has 126 valence electrons. The number of benzene rings is 1. The normalized spacial score (nSPS) is 15.6. The molecule has 8 heteroatoms. The van der Waals surface area contributed by atoms with Crippen LogP contribution in [-0.2, 0) is 4.79 Å². The fourth-order valence-electron chi connectivity index (χ4n) is 2.31. The van der Waals surface area contributed by atoms with Gasteiger partial charge in [0.2, 0.25) is 5.91 Å². The molecule has 0 bridgehead atoms. The van der Waals surface area contributed by atoms with Gasteiger partial charge in [0, 0.05) is 33.1 Å². The molecule has 1 saturated heterocycles. The van der Waals surface area contributed by atoms with Crippen molar-refractivity contribution in [1.29, 1.82) is 0 Å². The maximum Gasteiger partial charge on any atom is 0.287 e. The van der Waals surface area contributed by atoms with Crippen molar-refractivity contribution in [2.24, 2.45) is 4.99 Å². The lowest BCUT2D eigenvalue weighted by Crippen LogP contribution is -2.49. The summed E-state index contributed by atoms with van der Waals surface area (Å²) in [4.78, 5) is 31.8. The molecule has 1 aromatic carbocycles. The van der Waals surface area contributed by atoms with Crippen LogP contribution in [-0.4, -0.2) is 47.1 Å². The predicted molar refractivity (Wildman–Crippen MR) is 98.9 cm³/mol. The third kappa shape index (κ3) is 4.46. The molecule has 1 aliphatic rings. The predicted octanol–water partition coefficient (Wildman–Crippen LogP) is 3.42. The van der Waals surface area contributed by atoms with E-state index in [0.717, 1.165) is 14.6 Å². The van der Waals surface area contributed by atoms with Gasteiger partial charge in [-0.3, -0.25) is 9.59 Å². The van der Waals surface area contributed by atoms with Crippen molar-refractivity contribution in [1.82, 2.24) is 9.80 Å². The summed E-state index contributed by atoms with van der Waals surface area (Å²) in [7, 11) is 3.13. The highest BCUT2D eigenvalue weighted by Gasteiger charge is 2.23. The van der Waals surface area contributed by atoms with Gasteiger partial charge in [-0.05, 0) is 30.0 Å². The smallest absolute Gasteiger partial charge is 0.287 e. The monoisotopic (exact) mass is 379 g/mol. The van der Waals surface area contributed by atoms with Crippen molar-refractivity contribution < 1.29 is 9.59 Å². The van der Waals surface area contributed by atoms with E-state index >= 15 is 0 Å². The van der Waals surface area contributed by atoms with Crippen LogP contribution in [0.15, 0.2) is 45.6 Å². The first-order chi connectivity index (χ1) is 11.6. The summed E-state index contributed by atoms with van der Waals surface area (Å²) in [6, 6.07) is 11.7. The number of piperazine rings is 1. The molecule has 2 heterocycles. The van der Waals surface area contributed by atoms with Gasteiger partial charge < -0.3 is 9.80 Å². The molecule has 0 saturated carbocycles. The van der Waals surface area contributed by atoms with Crippen LogP contribution in [0, 0.1) is 0 Å². The molecule has 24 heavy (non-hydrogen) atoms. The quantitative estimate of drug-likeness (QED) is 0.593. The van der Waals surface area contributed by atoms with Crippen LogP contribution >= 0.6 is 32.4 Å². The molecule has 1 aliphatic heterocycles. The zero-order chi connectivity index (χ0) is 16.9. The topological polar surface area (TPSA) is 53.0 Å². The number of hydrogen-bond donors (Lipinski definition) is 0. The molecule has 1 aromatic heterocycles. The van der Waals surface area contributed by atoms with Crippen LogP contribution in [0.1, 0.15) is 6.92 Å². The van der Waals surface area contributed by atoms with Crippen molar-refractivity contribution in [3.05, 3.63) is 41.1 Å². The van der Waals surface area contributed by atoms with E-state index in [1.807, 2.05) is 41.3 Å². The van der Waals surface area contributed by atoms with E-state index in [-0.39, 0.29) is 11.1 Å². The summed E-state index contributed by atoms with van der Waals surface area (Å²) in [5, 5.41) is 0.0403. The van der Waals surface area contributed by atoms with Crippen LogP contribution in [0.2, 0.25) is 0 Å². The third-order valence-electron chi connectivity index (χ3n) is 3.62. The summed E-state index contributed by atoms with van der Waals surface area (Å²) in [5.41, 5.74) is 0.912. The molecule has 1 fully saturated rings. The Morgan fingerprint density at radius 3 is 2.38 bits per heavy atom. The summed E-state index contributed by atoms with van der Waals surface area (Å²) in [6.07, 6.45) is 0. The van der Waals surface area contributed by atoms with E-state index in [0.29, 0.717) is 26.2 Å². The molecule has 0 spiro atoms. The van der Waals surface area contributed by atoms with Gasteiger partial charge in [-0.2, -0.15) is 0 Å². The molecule has 0 unspecified atom stereocenters. The lowest BCUT2D eigenvalue weighted by molar-refractivity contribution is -0.130. The summed E-state index contributed by atoms with van der Waals surface area (Å²) in [5.74, 6) is 0.0713. The minimum atomic E-state index is 0.0403. The molecular weight excluding hydrogens is 362 g/mol. The second-order valence-electron chi connectivity index (χ2n) is 5.28. The summed E-state index contributed by atoms with van der Waals surface area (Å²) >= 11 is 1.24. The molecule has 0 N–H and O–H groups in total. The molecule has 0 radical (unpaired) electrons. The Bertz CT molecular complexity index is 777. The van der Waals surface area contributed by atoms with Gasteiger partial charge in [0.15, 0.2) is 0 Å². The van der Waals surface area contributed by atoms with E-state index in [1.54, 1.807) is 32.5 Å². The number of nitrogens with zero attached hydrogens (tertiary/aromatic N) is 3. The van der Waals surface area contributed by atoms with Gasteiger partial charge in [-0.25, -0.2) is 4.99 Å². The van der Waals surface area contributed by atoms with Crippen molar-refractivity contribution in [3.63, 3.8) is 0 Å². The Kier molecular flexibility index (Phi) is 5.70. The van der Waals surface area contributed by atoms with Crippen LogP contribution in [0.25, 0.3) is 0 Å². The highest BCUT2D eigenvalue weighted by Crippen LogP contribution is 2.27. The van der Waals surface area contributed by atoms with Crippen LogP contribution in [0.4, 0.5) is 10.5 Å². The van der Waals surface area contributed by atoms with Gasteiger partial charge in [0.25, 0.3) is 5.24 Å². The first-order valence-corrected chi connectivity index (χ1v) is 10.5. The molecule has 2 aromatic rings. The Morgan fingerprint density at radius 2 is 1.71 bits per heavy atom. The zero-order valence-electron chi connectivity index (χ0n) is 13.2. The third-order valence-corrected chi connectivity index (χ3v) is 7.23. The highest BCUT2D eigenvalue weighted by molar-refractivity contribution is 8.15. The van der Waals surface area contributed by atoms with E-state index < -0.39 is 0 Å². The minimum absolute atomic E-state index is 0.0403. The zero-order valence-corrected chi connectivity index (χ0v) is 15.6. The fraction of sp³-hybridized carbons (Fsp3) is 0.312. The first kappa shape index (κ1) is 17.2. The van der Waals surface area contributed by atoms with Gasteiger partial charge in [0.05, 0.1) is 9.90 Å². The van der Waals surface area contributed by atoms with Gasteiger partial charge in [-0.1, -0.05) is 38.9 Å². The maximum absolute atomic E-state index is 12.4. The summed E-state index contributed by atoms with van der Waals surface area (Å²) in [6.45, 7) is 3.99. The van der Waals surface area contributed by atoms with Crippen LogP contribution in [0.3, 0.4) is 0 Å². The molecule has 2 amide bonds.